The average Bonchev–Trinajstić information content (AvgIpc) is 3.57. The number of sulfone groups is 2. The maximum absolute atomic E-state index is 13.7. The first-order chi connectivity index (χ1) is 23.1. The summed E-state index contributed by atoms with van der Waals surface area (Å²) < 4.78 is 93.9. The lowest BCUT2D eigenvalue weighted by Crippen LogP contribution is -2.40. The maximum atomic E-state index is 13.7. The highest BCUT2D eigenvalue weighted by Crippen LogP contribution is 2.50. The number of hydrogen-bond acceptors (Lipinski definition) is 11. The van der Waals surface area contributed by atoms with Crippen LogP contribution in [0, 0.1) is 17.8 Å². The van der Waals surface area contributed by atoms with E-state index in [2.05, 4.69) is 37.2 Å². The molecule has 0 aromatic heterocycles. The first kappa shape index (κ1) is 41.2. The molecule has 2 aromatic rings. The van der Waals surface area contributed by atoms with E-state index in [0.717, 1.165) is 8.95 Å². The normalized spacial score (nSPS) is 29.7. The molecule has 0 saturated carbocycles. The van der Waals surface area contributed by atoms with Crippen LogP contribution in [0.1, 0.15) is 48.0 Å². The molecule has 2 aliphatic rings. The second-order valence-corrected chi connectivity index (χ2v) is 19.9. The molecular formula is C33H48Br2NO10PS2. The molecule has 2 aromatic carbocycles. The summed E-state index contributed by atoms with van der Waals surface area (Å²) in [5.41, 5.74) is -2.30. The number of hydrogen-bond donors (Lipinski definition) is 1. The summed E-state index contributed by atoms with van der Waals surface area (Å²) in [4.78, 5) is 0.304. The lowest BCUT2D eigenvalue weighted by Gasteiger charge is -2.33. The van der Waals surface area contributed by atoms with E-state index in [1.54, 1.807) is 50.2 Å². The van der Waals surface area contributed by atoms with Crippen LogP contribution in [0.4, 0.5) is 0 Å². The highest BCUT2D eigenvalue weighted by Gasteiger charge is 2.52. The van der Waals surface area contributed by atoms with Crippen molar-refractivity contribution >= 4 is 60.1 Å². The maximum Gasteiger partial charge on any atom is 0.333 e. The molecule has 2 saturated heterocycles. The number of benzene rings is 2. The highest BCUT2D eigenvalue weighted by atomic mass is 79.9. The van der Waals surface area contributed by atoms with Gasteiger partial charge in [-0.15, -0.1) is 0 Å². The SMILES string of the molecule is CC[C@H]1O[C@@H](S(=O)(=O)c2ccc(Br)cc2)[C@@H](C)C1OP(OC[C@H]1O[C@@H](S(=O)(=O)c2ccc(Br)cc2)[C@@H](C)C1OC)OC(C(C)C)C(C)NC. The van der Waals surface area contributed by atoms with E-state index in [-0.39, 0.29) is 34.5 Å². The molecule has 16 heteroatoms. The number of ether oxygens (including phenoxy) is 3. The van der Waals surface area contributed by atoms with Gasteiger partial charge in [-0.25, -0.2) is 16.8 Å². The van der Waals surface area contributed by atoms with Gasteiger partial charge >= 0.3 is 8.60 Å². The Kier molecular flexibility index (Phi) is 14.7. The second-order valence-electron chi connectivity index (χ2n) is 12.9. The van der Waals surface area contributed by atoms with Crippen molar-refractivity contribution in [2.75, 3.05) is 20.8 Å². The van der Waals surface area contributed by atoms with Crippen molar-refractivity contribution in [1.82, 2.24) is 5.32 Å². The van der Waals surface area contributed by atoms with Crippen LogP contribution in [0.25, 0.3) is 0 Å². The van der Waals surface area contributed by atoms with Crippen molar-refractivity contribution in [3.63, 3.8) is 0 Å². The molecule has 0 bridgehead atoms. The zero-order valence-corrected chi connectivity index (χ0v) is 34.7. The molecular weight excluding hydrogens is 825 g/mol. The third-order valence-electron chi connectivity index (χ3n) is 9.18. The monoisotopic (exact) mass is 871 g/mol. The van der Waals surface area contributed by atoms with Gasteiger partial charge in [0, 0.05) is 33.9 Å². The van der Waals surface area contributed by atoms with E-state index in [1.165, 1.54) is 19.2 Å². The molecule has 0 radical (unpaired) electrons. The first-order valence-electron chi connectivity index (χ1n) is 16.3. The van der Waals surface area contributed by atoms with E-state index in [9.17, 15) is 16.8 Å². The zero-order valence-electron chi connectivity index (χ0n) is 29.0. The fourth-order valence-corrected chi connectivity index (χ4v) is 12.0. The third-order valence-corrected chi connectivity index (χ3v) is 15.6. The molecule has 2 fully saturated rings. The van der Waals surface area contributed by atoms with E-state index in [1.807, 2.05) is 34.7 Å². The van der Waals surface area contributed by atoms with E-state index >= 15 is 0 Å². The van der Waals surface area contributed by atoms with Gasteiger partial charge in [0.25, 0.3) is 0 Å². The topological polar surface area (TPSA) is 136 Å². The fourth-order valence-electron chi connectivity index (χ4n) is 6.33. The van der Waals surface area contributed by atoms with Gasteiger partial charge in [0.15, 0.2) is 10.9 Å². The summed E-state index contributed by atoms with van der Waals surface area (Å²) in [5.74, 6) is -1.01. The van der Waals surface area contributed by atoms with E-state index < -0.39 is 75.4 Å². The molecule has 0 spiro atoms. The van der Waals surface area contributed by atoms with Gasteiger partial charge in [-0.3, -0.25) is 0 Å². The molecule has 0 aliphatic carbocycles. The molecule has 49 heavy (non-hydrogen) atoms. The lowest BCUT2D eigenvalue weighted by molar-refractivity contribution is -0.0329. The number of likely N-dealkylation sites (N-methyl/N-ethyl adjacent to an activating group) is 1. The van der Waals surface area contributed by atoms with Crippen molar-refractivity contribution in [3.8, 4) is 0 Å². The summed E-state index contributed by atoms with van der Waals surface area (Å²) in [6, 6.07) is 12.8. The Morgan fingerprint density at radius 3 is 1.71 bits per heavy atom. The number of nitrogens with one attached hydrogen (secondary N) is 1. The Morgan fingerprint density at radius 1 is 0.816 bits per heavy atom. The minimum Gasteiger partial charge on any atom is -0.378 e. The van der Waals surface area contributed by atoms with Crippen molar-refractivity contribution < 1.29 is 44.6 Å². The predicted molar refractivity (Wildman–Crippen MR) is 195 cm³/mol. The highest BCUT2D eigenvalue weighted by molar-refractivity contribution is 9.10. The Balaban J connectivity index is 1.58. The first-order valence-corrected chi connectivity index (χ1v) is 22.1. The quantitative estimate of drug-likeness (QED) is 0.177. The molecule has 0 amide bonds. The van der Waals surface area contributed by atoms with Crippen LogP contribution in [-0.4, -0.2) is 85.0 Å². The zero-order chi connectivity index (χ0) is 36.3. The molecule has 4 rings (SSSR count). The lowest BCUT2D eigenvalue weighted by atomic mass is 10.0. The van der Waals surface area contributed by atoms with Gasteiger partial charge in [-0.05, 0) is 74.8 Å². The molecule has 2 aliphatic heterocycles. The van der Waals surface area contributed by atoms with Gasteiger partial charge in [0.05, 0.1) is 40.8 Å². The Labute approximate surface area is 309 Å². The molecule has 1 N–H and O–H groups in total. The fraction of sp³-hybridized carbons (Fsp3) is 0.636. The van der Waals surface area contributed by atoms with Gasteiger partial charge in [-0.2, -0.15) is 0 Å². The summed E-state index contributed by atoms with van der Waals surface area (Å²) in [6.07, 6.45) is -2.40. The van der Waals surface area contributed by atoms with Crippen LogP contribution in [0.15, 0.2) is 67.3 Å². The smallest absolute Gasteiger partial charge is 0.333 e. The minimum absolute atomic E-state index is 0.0688. The van der Waals surface area contributed by atoms with Gasteiger partial charge in [0.1, 0.15) is 6.10 Å². The summed E-state index contributed by atoms with van der Waals surface area (Å²) in [5, 5.41) is 3.24. The van der Waals surface area contributed by atoms with Crippen LogP contribution in [0.5, 0.6) is 0 Å². The molecule has 11 nitrogen and oxygen atoms in total. The number of halogens is 2. The number of methoxy groups -OCH3 is 1. The van der Waals surface area contributed by atoms with Crippen molar-refractivity contribution in [2.45, 2.75) is 105 Å². The van der Waals surface area contributed by atoms with Crippen LogP contribution in [0.3, 0.4) is 0 Å². The molecule has 276 valence electrons. The molecule has 11 atom stereocenters. The standard InChI is InChI=1S/C33H48Br2NO10PS2/c1-9-27-31(21(5)33(43-27)49(39,40)26-16-12-24(35)13-17-26)46-47(45-29(19(2)3)22(6)36-7)42-18-28-30(41-8)20(4)32(44-28)48(37,38)25-14-10-23(34)11-15-25/h10-17,19-22,27-33,36H,9,18H2,1-8H3/t20-,21-,22?,27+,28+,29?,30?,31?,32-,33-,47?/m0/s1. The summed E-state index contributed by atoms with van der Waals surface area (Å²) in [6.45, 7) is 11.5. The van der Waals surface area contributed by atoms with Crippen molar-refractivity contribution in [1.29, 1.82) is 0 Å². The molecule has 5 unspecified atom stereocenters. The van der Waals surface area contributed by atoms with Crippen LogP contribution in [0.2, 0.25) is 0 Å². The van der Waals surface area contributed by atoms with Crippen LogP contribution >= 0.6 is 40.5 Å². The van der Waals surface area contributed by atoms with Crippen LogP contribution in [-0.2, 0) is 47.5 Å². The minimum atomic E-state index is -3.87. The Bertz CT molecular complexity index is 1580. The van der Waals surface area contributed by atoms with Gasteiger partial charge in [0.2, 0.25) is 19.7 Å². The van der Waals surface area contributed by atoms with Crippen molar-refractivity contribution in [2.24, 2.45) is 17.8 Å². The van der Waals surface area contributed by atoms with E-state index in [4.69, 9.17) is 27.8 Å². The average molecular weight is 874 g/mol. The predicted octanol–water partition coefficient (Wildman–Crippen LogP) is 6.88. The largest absolute Gasteiger partial charge is 0.378 e. The number of rotatable bonds is 16. The molecule has 2 heterocycles. The van der Waals surface area contributed by atoms with E-state index in [0.29, 0.717) is 6.42 Å². The van der Waals surface area contributed by atoms with Crippen molar-refractivity contribution in [3.05, 3.63) is 57.5 Å². The summed E-state index contributed by atoms with van der Waals surface area (Å²) >= 11 is 6.71. The Hall–Kier alpha value is -0.550. The second kappa shape index (κ2) is 17.5. The van der Waals surface area contributed by atoms with Gasteiger partial charge in [-0.1, -0.05) is 66.5 Å². The summed E-state index contributed by atoms with van der Waals surface area (Å²) in [7, 11) is -6.48. The van der Waals surface area contributed by atoms with Crippen LogP contribution < -0.4 is 5.32 Å². The Morgan fingerprint density at radius 2 is 1.29 bits per heavy atom. The third kappa shape index (κ3) is 9.34. The van der Waals surface area contributed by atoms with Gasteiger partial charge < -0.3 is 33.1 Å².